The zero-order chi connectivity index (χ0) is 12.3. The lowest BCUT2D eigenvalue weighted by molar-refractivity contribution is 0.0815. The van der Waals surface area contributed by atoms with E-state index in [0.717, 1.165) is 0 Å². The van der Waals surface area contributed by atoms with Crippen molar-refractivity contribution < 1.29 is 9.18 Å². The van der Waals surface area contributed by atoms with Gasteiger partial charge in [-0.15, -0.1) is 0 Å². The molecule has 2 N–H and O–H groups in total. The minimum Gasteiger partial charge on any atom is -0.329 e. The van der Waals surface area contributed by atoms with Gasteiger partial charge in [0.1, 0.15) is 5.82 Å². The first-order valence-corrected chi connectivity index (χ1v) is 5.94. The van der Waals surface area contributed by atoms with E-state index in [-0.39, 0.29) is 17.9 Å². The largest absolute Gasteiger partial charge is 0.329 e. The molecule has 0 fully saturated rings. The fraction of sp³-hybridized carbons (Fsp3) is 0.417. The van der Waals surface area contributed by atoms with Gasteiger partial charge in [0.15, 0.2) is 5.78 Å². The highest BCUT2D eigenvalue weighted by molar-refractivity contribution is 9.10. The van der Waals surface area contributed by atoms with Gasteiger partial charge in [-0.2, -0.15) is 0 Å². The van der Waals surface area contributed by atoms with Gasteiger partial charge in [0.25, 0.3) is 0 Å². The Bertz CT molecular complexity index is 402. The standard InChI is InChI=1S/C12H15BrFNO/c1-3-12(2,7-15)11(16)8-5-4-6-9(13)10(8)14/h4-6H,3,7,15H2,1-2H3. The number of Topliss-reactive ketones (excluding diaryl/α,β-unsaturated/α-hetero) is 1. The van der Waals surface area contributed by atoms with E-state index in [0.29, 0.717) is 10.9 Å². The van der Waals surface area contributed by atoms with Crippen LogP contribution in [0.1, 0.15) is 30.6 Å². The third-order valence-electron chi connectivity index (χ3n) is 2.98. The first-order chi connectivity index (χ1) is 7.46. The van der Waals surface area contributed by atoms with E-state index in [2.05, 4.69) is 15.9 Å². The molecule has 0 aliphatic heterocycles. The van der Waals surface area contributed by atoms with Crippen LogP contribution in [0, 0.1) is 11.2 Å². The van der Waals surface area contributed by atoms with Crippen molar-refractivity contribution >= 4 is 21.7 Å². The molecule has 16 heavy (non-hydrogen) atoms. The molecule has 1 atom stereocenters. The molecule has 0 radical (unpaired) electrons. The quantitative estimate of drug-likeness (QED) is 0.865. The highest BCUT2D eigenvalue weighted by Crippen LogP contribution is 2.28. The predicted octanol–water partition coefficient (Wildman–Crippen LogP) is 3.15. The van der Waals surface area contributed by atoms with Gasteiger partial charge in [-0.3, -0.25) is 4.79 Å². The first kappa shape index (κ1) is 13.3. The number of benzene rings is 1. The van der Waals surface area contributed by atoms with Gasteiger partial charge in [0.05, 0.1) is 10.0 Å². The maximum Gasteiger partial charge on any atom is 0.172 e. The van der Waals surface area contributed by atoms with Crippen LogP contribution in [0.15, 0.2) is 22.7 Å². The first-order valence-electron chi connectivity index (χ1n) is 5.15. The van der Waals surface area contributed by atoms with Gasteiger partial charge in [0, 0.05) is 12.0 Å². The van der Waals surface area contributed by atoms with Crippen molar-refractivity contribution in [2.45, 2.75) is 20.3 Å². The summed E-state index contributed by atoms with van der Waals surface area (Å²) in [7, 11) is 0. The zero-order valence-electron chi connectivity index (χ0n) is 9.39. The van der Waals surface area contributed by atoms with Crippen molar-refractivity contribution in [3.8, 4) is 0 Å². The smallest absolute Gasteiger partial charge is 0.172 e. The minimum atomic E-state index is -0.693. The molecular formula is C12H15BrFNO. The van der Waals surface area contributed by atoms with E-state index in [9.17, 15) is 9.18 Å². The highest BCUT2D eigenvalue weighted by Gasteiger charge is 2.32. The highest BCUT2D eigenvalue weighted by atomic mass is 79.9. The summed E-state index contributed by atoms with van der Waals surface area (Å²) in [6, 6.07) is 4.71. The number of carbonyl (C=O) groups excluding carboxylic acids is 1. The summed E-state index contributed by atoms with van der Waals surface area (Å²) in [5.41, 5.74) is 5.00. The number of carbonyl (C=O) groups is 1. The average molecular weight is 288 g/mol. The molecule has 0 aromatic heterocycles. The zero-order valence-corrected chi connectivity index (χ0v) is 11.0. The van der Waals surface area contributed by atoms with Crippen LogP contribution in [0.4, 0.5) is 4.39 Å². The molecule has 0 spiro atoms. The van der Waals surface area contributed by atoms with Crippen molar-refractivity contribution in [2.24, 2.45) is 11.1 Å². The Morgan fingerprint density at radius 3 is 2.69 bits per heavy atom. The number of ketones is 1. The average Bonchev–Trinajstić information content (AvgIpc) is 2.31. The van der Waals surface area contributed by atoms with Crippen LogP contribution in [-0.2, 0) is 0 Å². The molecular weight excluding hydrogens is 273 g/mol. The molecule has 88 valence electrons. The van der Waals surface area contributed by atoms with E-state index in [4.69, 9.17) is 5.73 Å². The summed E-state index contributed by atoms with van der Waals surface area (Å²) in [5, 5.41) is 0. The molecule has 4 heteroatoms. The molecule has 1 aromatic carbocycles. The maximum atomic E-state index is 13.7. The summed E-state index contributed by atoms with van der Waals surface area (Å²) in [6.07, 6.45) is 0.592. The number of hydrogen-bond donors (Lipinski definition) is 1. The summed E-state index contributed by atoms with van der Waals surface area (Å²) >= 11 is 3.07. The van der Waals surface area contributed by atoms with Crippen molar-refractivity contribution in [2.75, 3.05) is 6.54 Å². The van der Waals surface area contributed by atoms with Gasteiger partial charge in [-0.1, -0.05) is 19.9 Å². The van der Waals surface area contributed by atoms with Crippen molar-refractivity contribution in [1.82, 2.24) is 0 Å². The van der Waals surface area contributed by atoms with Crippen molar-refractivity contribution in [3.05, 3.63) is 34.1 Å². The monoisotopic (exact) mass is 287 g/mol. The van der Waals surface area contributed by atoms with Crippen LogP contribution in [0.5, 0.6) is 0 Å². The fourth-order valence-electron chi connectivity index (χ4n) is 1.40. The second-order valence-corrected chi connectivity index (χ2v) is 4.90. The lowest BCUT2D eigenvalue weighted by Gasteiger charge is -2.24. The minimum absolute atomic E-state index is 0.101. The van der Waals surface area contributed by atoms with E-state index in [1.807, 2.05) is 6.92 Å². The number of halogens is 2. The maximum absolute atomic E-state index is 13.7. The Kier molecular flexibility index (Phi) is 4.21. The second-order valence-electron chi connectivity index (χ2n) is 4.05. The molecule has 2 nitrogen and oxygen atoms in total. The molecule has 0 aliphatic rings. The predicted molar refractivity (Wildman–Crippen MR) is 65.9 cm³/mol. The topological polar surface area (TPSA) is 43.1 Å². The third-order valence-corrected chi connectivity index (χ3v) is 3.59. The van der Waals surface area contributed by atoms with Crippen molar-refractivity contribution in [3.63, 3.8) is 0 Å². The van der Waals surface area contributed by atoms with E-state index in [1.165, 1.54) is 6.07 Å². The summed E-state index contributed by atoms with van der Waals surface area (Å²) in [5.74, 6) is -0.753. The van der Waals surface area contributed by atoms with Crippen LogP contribution < -0.4 is 5.73 Å². The summed E-state index contributed by atoms with van der Waals surface area (Å²) < 4.78 is 14.0. The Labute approximate surface area is 103 Å². The molecule has 1 unspecified atom stereocenters. The lowest BCUT2D eigenvalue weighted by Crippen LogP contribution is -2.35. The normalized spacial score (nSPS) is 14.6. The van der Waals surface area contributed by atoms with Gasteiger partial charge in [-0.25, -0.2) is 4.39 Å². The molecule has 0 bridgehead atoms. The SMILES string of the molecule is CCC(C)(CN)C(=O)c1cccc(Br)c1F. The molecule has 0 amide bonds. The van der Waals surface area contributed by atoms with Crippen LogP contribution in [0.2, 0.25) is 0 Å². The van der Waals surface area contributed by atoms with E-state index in [1.54, 1.807) is 19.1 Å². The number of rotatable bonds is 4. The van der Waals surface area contributed by atoms with Crippen LogP contribution in [0.25, 0.3) is 0 Å². The molecule has 1 aromatic rings. The van der Waals surface area contributed by atoms with E-state index < -0.39 is 11.2 Å². The fourth-order valence-corrected chi connectivity index (χ4v) is 1.77. The molecule has 0 aliphatic carbocycles. The van der Waals surface area contributed by atoms with E-state index >= 15 is 0 Å². The Hall–Kier alpha value is -0.740. The van der Waals surface area contributed by atoms with Gasteiger partial charge in [0.2, 0.25) is 0 Å². The molecule has 1 rings (SSSR count). The number of nitrogens with two attached hydrogens (primary N) is 1. The summed E-state index contributed by atoms with van der Waals surface area (Å²) in [4.78, 5) is 12.2. The van der Waals surface area contributed by atoms with Crippen molar-refractivity contribution in [1.29, 1.82) is 0 Å². The second kappa shape index (κ2) is 5.06. The van der Waals surface area contributed by atoms with Gasteiger partial charge < -0.3 is 5.73 Å². The summed E-state index contributed by atoms with van der Waals surface area (Å²) in [6.45, 7) is 3.85. The molecule has 0 saturated carbocycles. The molecule has 0 saturated heterocycles. The Morgan fingerprint density at radius 1 is 1.56 bits per heavy atom. The van der Waals surface area contributed by atoms with Gasteiger partial charge in [-0.05, 0) is 34.5 Å². The van der Waals surface area contributed by atoms with Gasteiger partial charge >= 0.3 is 0 Å². The number of hydrogen-bond acceptors (Lipinski definition) is 2. The lowest BCUT2D eigenvalue weighted by atomic mass is 9.80. The van der Waals surface area contributed by atoms with Crippen LogP contribution in [0.3, 0.4) is 0 Å². The van der Waals surface area contributed by atoms with Crippen LogP contribution >= 0.6 is 15.9 Å². The van der Waals surface area contributed by atoms with Crippen LogP contribution in [-0.4, -0.2) is 12.3 Å². The Morgan fingerprint density at radius 2 is 2.19 bits per heavy atom. The Balaban J connectivity index is 3.19. The molecule has 0 heterocycles. The third kappa shape index (κ3) is 2.33.